The Balaban J connectivity index is 1.76. The lowest BCUT2D eigenvalue weighted by atomic mass is 10.3. The van der Waals surface area contributed by atoms with Gasteiger partial charge in [0.1, 0.15) is 22.6 Å². The molecule has 2 N–H and O–H groups in total. The van der Waals surface area contributed by atoms with Gasteiger partial charge in [-0.1, -0.05) is 11.6 Å². The van der Waals surface area contributed by atoms with E-state index in [4.69, 9.17) is 22.1 Å². The number of anilines is 1. The molecule has 3 heterocycles. The van der Waals surface area contributed by atoms with Gasteiger partial charge in [-0.3, -0.25) is 4.98 Å². The summed E-state index contributed by atoms with van der Waals surface area (Å²) in [5.41, 5.74) is 5.69. The van der Waals surface area contributed by atoms with Gasteiger partial charge in [-0.05, 0) is 24.6 Å². The molecule has 1 aliphatic rings. The lowest BCUT2D eigenvalue weighted by Gasteiger charge is -2.18. The minimum Gasteiger partial charge on any atom is -0.489 e. The van der Waals surface area contributed by atoms with Gasteiger partial charge in [-0.2, -0.15) is 4.31 Å². The Hall–Kier alpha value is -1.90. The molecule has 9 heteroatoms. The van der Waals surface area contributed by atoms with Crippen molar-refractivity contribution in [1.82, 2.24) is 14.3 Å². The van der Waals surface area contributed by atoms with Gasteiger partial charge >= 0.3 is 0 Å². The highest BCUT2D eigenvalue weighted by atomic mass is 35.5. The van der Waals surface area contributed by atoms with Gasteiger partial charge in [0.05, 0.1) is 11.6 Å². The molecule has 0 bridgehead atoms. The first-order chi connectivity index (χ1) is 11.0. The number of ether oxygens (including phenoxy) is 1. The van der Waals surface area contributed by atoms with Gasteiger partial charge < -0.3 is 10.5 Å². The summed E-state index contributed by atoms with van der Waals surface area (Å²) in [6.07, 6.45) is 4.93. The molecular weight excluding hydrogens is 340 g/mol. The van der Waals surface area contributed by atoms with Crippen molar-refractivity contribution in [3.05, 3.63) is 41.8 Å². The standard InChI is InChI=1S/C14H15ClN4O3S/c15-10-7-13(14(16)18-8-10)23(20,21)19-6-3-12(9-19)22-11-1-4-17-5-2-11/h1-2,4-5,7-8,12H,3,6,9H2,(H2,16,18)/t12-/m1/s1. The number of hydrogen-bond donors (Lipinski definition) is 1. The van der Waals surface area contributed by atoms with Crippen molar-refractivity contribution in [3.63, 3.8) is 0 Å². The van der Waals surface area contributed by atoms with Gasteiger partial charge in [0.2, 0.25) is 10.0 Å². The van der Waals surface area contributed by atoms with Crippen LogP contribution in [0.15, 0.2) is 41.7 Å². The zero-order chi connectivity index (χ0) is 16.4. The van der Waals surface area contributed by atoms with E-state index in [1.165, 1.54) is 16.6 Å². The van der Waals surface area contributed by atoms with Crippen LogP contribution in [0.2, 0.25) is 5.02 Å². The van der Waals surface area contributed by atoms with Crippen molar-refractivity contribution in [2.45, 2.75) is 17.4 Å². The maximum absolute atomic E-state index is 12.7. The van der Waals surface area contributed by atoms with E-state index >= 15 is 0 Å². The predicted molar refractivity (Wildman–Crippen MR) is 85.7 cm³/mol. The second kappa shape index (κ2) is 6.31. The van der Waals surface area contributed by atoms with Crippen molar-refractivity contribution in [2.75, 3.05) is 18.8 Å². The number of nitrogens with zero attached hydrogens (tertiary/aromatic N) is 3. The van der Waals surface area contributed by atoms with E-state index in [0.717, 1.165) is 0 Å². The second-order valence-electron chi connectivity index (χ2n) is 5.11. The topological polar surface area (TPSA) is 98.4 Å². The van der Waals surface area contributed by atoms with Gasteiger partial charge in [0.15, 0.2) is 0 Å². The summed E-state index contributed by atoms with van der Waals surface area (Å²) in [6, 6.07) is 4.78. The predicted octanol–water partition coefficient (Wildman–Crippen LogP) is 1.55. The SMILES string of the molecule is Nc1ncc(Cl)cc1S(=O)(=O)N1CC[C@@H](Oc2ccncc2)C1. The maximum atomic E-state index is 12.7. The van der Waals surface area contributed by atoms with Crippen molar-refractivity contribution in [2.24, 2.45) is 0 Å². The molecular formula is C14H15ClN4O3S. The first-order valence-corrected chi connectivity index (χ1v) is 8.76. The fourth-order valence-corrected chi connectivity index (χ4v) is 4.20. The normalized spacial score (nSPS) is 18.9. The molecule has 7 nitrogen and oxygen atoms in total. The molecule has 0 saturated carbocycles. The lowest BCUT2D eigenvalue weighted by molar-refractivity contribution is 0.215. The van der Waals surface area contributed by atoms with Crippen LogP contribution < -0.4 is 10.5 Å². The van der Waals surface area contributed by atoms with Crippen molar-refractivity contribution in [1.29, 1.82) is 0 Å². The summed E-state index contributed by atoms with van der Waals surface area (Å²) in [5.74, 6) is 0.598. The molecule has 2 aromatic rings. The number of halogens is 1. The number of aromatic nitrogens is 2. The van der Waals surface area contributed by atoms with Gasteiger partial charge in [0.25, 0.3) is 0 Å². The summed E-state index contributed by atoms with van der Waals surface area (Å²) in [6.45, 7) is 0.598. The van der Waals surface area contributed by atoms with Crippen LogP contribution in [0.1, 0.15) is 6.42 Å². The van der Waals surface area contributed by atoms with Gasteiger partial charge in [-0.15, -0.1) is 0 Å². The molecule has 23 heavy (non-hydrogen) atoms. The molecule has 0 unspecified atom stereocenters. The minimum atomic E-state index is -3.75. The molecule has 0 spiro atoms. The Labute approximate surface area is 139 Å². The Bertz CT molecular complexity index is 801. The summed E-state index contributed by atoms with van der Waals surface area (Å²) in [5, 5.41) is 0.224. The highest BCUT2D eigenvalue weighted by molar-refractivity contribution is 7.89. The third-order valence-electron chi connectivity index (χ3n) is 3.53. The van der Waals surface area contributed by atoms with Crippen molar-refractivity contribution in [3.8, 4) is 5.75 Å². The molecule has 1 fully saturated rings. The molecule has 0 amide bonds. The highest BCUT2D eigenvalue weighted by Gasteiger charge is 2.35. The van der Waals surface area contributed by atoms with E-state index in [1.54, 1.807) is 24.5 Å². The van der Waals surface area contributed by atoms with E-state index in [1.807, 2.05) is 0 Å². The Morgan fingerprint density at radius 3 is 2.83 bits per heavy atom. The quantitative estimate of drug-likeness (QED) is 0.894. The van der Waals surface area contributed by atoms with Crippen LogP contribution in [-0.4, -0.2) is 41.9 Å². The zero-order valence-corrected chi connectivity index (χ0v) is 13.7. The van der Waals surface area contributed by atoms with Crippen LogP contribution in [0.3, 0.4) is 0 Å². The molecule has 0 aromatic carbocycles. The number of hydrogen-bond acceptors (Lipinski definition) is 6. The zero-order valence-electron chi connectivity index (χ0n) is 12.1. The largest absolute Gasteiger partial charge is 0.489 e. The third kappa shape index (κ3) is 3.39. The van der Waals surface area contributed by atoms with E-state index in [2.05, 4.69) is 9.97 Å². The second-order valence-corrected chi connectivity index (χ2v) is 7.45. The Morgan fingerprint density at radius 1 is 1.35 bits per heavy atom. The van der Waals surface area contributed by atoms with Gasteiger partial charge in [-0.25, -0.2) is 13.4 Å². The van der Waals surface area contributed by atoms with Crippen LogP contribution in [0, 0.1) is 0 Å². The van der Waals surface area contributed by atoms with Crippen molar-refractivity contribution >= 4 is 27.4 Å². The molecule has 1 saturated heterocycles. The molecule has 1 aliphatic heterocycles. The van der Waals surface area contributed by atoms with E-state index in [0.29, 0.717) is 18.7 Å². The molecule has 0 radical (unpaired) electrons. The van der Waals surface area contributed by atoms with Crippen LogP contribution in [0.5, 0.6) is 5.75 Å². The summed E-state index contributed by atoms with van der Waals surface area (Å²) >= 11 is 5.83. The number of nitrogen functional groups attached to an aromatic ring is 1. The van der Waals surface area contributed by atoms with Crippen LogP contribution in [-0.2, 0) is 10.0 Å². The molecule has 2 aromatic heterocycles. The van der Waals surface area contributed by atoms with Crippen LogP contribution in [0.25, 0.3) is 0 Å². The van der Waals surface area contributed by atoms with Crippen LogP contribution >= 0.6 is 11.6 Å². The lowest BCUT2D eigenvalue weighted by Crippen LogP contribution is -2.31. The third-order valence-corrected chi connectivity index (χ3v) is 5.63. The first-order valence-electron chi connectivity index (χ1n) is 6.94. The first kappa shape index (κ1) is 16.0. The smallest absolute Gasteiger partial charge is 0.246 e. The van der Waals surface area contributed by atoms with Gasteiger partial charge in [0, 0.05) is 25.1 Å². The highest BCUT2D eigenvalue weighted by Crippen LogP contribution is 2.27. The number of sulfonamides is 1. The molecule has 1 atom stereocenters. The fourth-order valence-electron chi connectivity index (χ4n) is 2.40. The summed E-state index contributed by atoms with van der Waals surface area (Å²) in [7, 11) is -3.75. The Kier molecular flexibility index (Phi) is 4.38. The molecule has 0 aliphatic carbocycles. The van der Waals surface area contributed by atoms with E-state index in [-0.39, 0.29) is 28.4 Å². The van der Waals surface area contributed by atoms with E-state index < -0.39 is 10.0 Å². The number of rotatable bonds is 4. The molecule has 122 valence electrons. The maximum Gasteiger partial charge on any atom is 0.246 e. The summed E-state index contributed by atoms with van der Waals surface area (Å²) in [4.78, 5) is 7.64. The van der Waals surface area contributed by atoms with Crippen LogP contribution in [0.4, 0.5) is 5.82 Å². The van der Waals surface area contributed by atoms with E-state index in [9.17, 15) is 8.42 Å². The number of nitrogens with two attached hydrogens (primary N) is 1. The average molecular weight is 355 g/mol. The average Bonchev–Trinajstić information content (AvgIpc) is 3.00. The summed E-state index contributed by atoms with van der Waals surface area (Å²) < 4.78 is 32.5. The number of pyridine rings is 2. The Morgan fingerprint density at radius 2 is 2.09 bits per heavy atom. The van der Waals surface area contributed by atoms with Crippen molar-refractivity contribution < 1.29 is 13.2 Å². The minimum absolute atomic E-state index is 0.0621. The molecule has 3 rings (SSSR count). The monoisotopic (exact) mass is 354 g/mol. The fraction of sp³-hybridized carbons (Fsp3) is 0.286.